The minimum absolute atomic E-state index is 0.0212. The van der Waals surface area contributed by atoms with E-state index >= 15 is 0 Å². The molecule has 1 saturated carbocycles. The fraction of sp³-hybridized carbons (Fsp3) is 0.444. The highest BCUT2D eigenvalue weighted by Gasteiger charge is 2.30. The zero-order valence-electron chi connectivity index (χ0n) is 20.6. The molecule has 2 aromatic heterocycles. The van der Waals surface area contributed by atoms with E-state index in [9.17, 15) is 9.18 Å². The molecule has 194 valence electrons. The maximum absolute atomic E-state index is 14.5. The van der Waals surface area contributed by atoms with Crippen LogP contribution in [0.4, 0.5) is 15.9 Å². The molecule has 6 rings (SSSR count). The molecule has 10 heteroatoms. The fourth-order valence-electron chi connectivity index (χ4n) is 4.77. The second-order valence-corrected chi connectivity index (χ2v) is 9.68. The quantitative estimate of drug-likeness (QED) is 0.498. The number of ether oxygens (including phenoxy) is 3. The van der Waals surface area contributed by atoms with Crippen LogP contribution in [0.2, 0.25) is 0 Å². The molecule has 2 aliphatic heterocycles. The van der Waals surface area contributed by atoms with Crippen molar-refractivity contribution in [1.82, 2.24) is 19.7 Å². The smallest absolute Gasteiger partial charge is 0.257 e. The van der Waals surface area contributed by atoms with Crippen LogP contribution in [0, 0.1) is 5.82 Å². The third-order valence-electron chi connectivity index (χ3n) is 6.98. The summed E-state index contributed by atoms with van der Waals surface area (Å²) in [4.78, 5) is 18.8. The summed E-state index contributed by atoms with van der Waals surface area (Å²) in [5.74, 6) is 1.31. The summed E-state index contributed by atoms with van der Waals surface area (Å²) < 4.78 is 33.7. The van der Waals surface area contributed by atoms with Crippen molar-refractivity contribution in [3.8, 4) is 11.5 Å². The van der Waals surface area contributed by atoms with E-state index in [4.69, 9.17) is 19.3 Å². The average molecular weight is 508 g/mol. The molecule has 3 fully saturated rings. The number of halogens is 1. The summed E-state index contributed by atoms with van der Waals surface area (Å²) in [5, 5.41) is 8.06. The van der Waals surface area contributed by atoms with Crippen LogP contribution in [-0.2, 0) is 9.47 Å². The van der Waals surface area contributed by atoms with Crippen LogP contribution in [0.25, 0.3) is 0 Å². The molecule has 9 nitrogen and oxygen atoms in total. The molecule has 3 aromatic rings. The van der Waals surface area contributed by atoms with Gasteiger partial charge in [-0.25, -0.2) is 9.37 Å². The first-order chi connectivity index (χ1) is 18.1. The monoisotopic (exact) mass is 507 g/mol. The molecule has 1 aromatic carbocycles. The highest BCUT2D eigenvalue weighted by Crippen LogP contribution is 2.40. The second-order valence-electron chi connectivity index (χ2n) is 9.68. The number of amides is 1. The Kier molecular flexibility index (Phi) is 6.75. The molecule has 1 amide bonds. The Balaban J connectivity index is 1.20. The number of aromatic nitrogens is 3. The topological polar surface area (TPSA) is 90.7 Å². The summed E-state index contributed by atoms with van der Waals surface area (Å²) in [6, 6.07) is 8.44. The van der Waals surface area contributed by atoms with Gasteiger partial charge in [0.05, 0.1) is 31.0 Å². The molecule has 0 atom stereocenters. The lowest BCUT2D eigenvalue weighted by Crippen LogP contribution is -2.41. The number of hydrogen-bond acceptors (Lipinski definition) is 7. The van der Waals surface area contributed by atoms with Gasteiger partial charge in [-0.3, -0.25) is 9.48 Å². The lowest BCUT2D eigenvalue weighted by Gasteiger charge is -2.27. The molecule has 1 aliphatic carbocycles. The third-order valence-corrected chi connectivity index (χ3v) is 6.98. The van der Waals surface area contributed by atoms with E-state index < -0.39 is 5.82 Å². The molecule has 0 bridgehead atoms. The number of morpholine rings is 1. The highest BCUT2D eigenvalue weighted by molar-refractivity contribution is 5.95. The van der Waals surface area contributed by atoms with Crippen molar-refractivity contribution in [2.75, 3.05) is 44.8 Å². The van der Waals surface area contributed by atoms with Crippen molar-refractivity contribution in [2.24, 2.45) is 0 Å². The van der Waals surface area contributed by atoms with Crippen molar-refractivity contribution in [3.63, 3.8) is 0 Å². The van der Waals surface area contributed by atoms with Gasteiger partial charge in [0, 0.05) is 50.2 Å². The average Bonchev–Trinajstić information content (AvgIpc) is 3.71. The summed E-state index contributed by atoms with van der Waals surface area (Å²) in [6.45, 7) is 3.28. The Bertz CT molecular complexity index is 1270. The third kappa shape index (κ3) is 5.45. The van der Waals surface area contributed by atoms with Gasteiger partial charge in [-0.2, -0.15) is 5.10 Å². The van der Waals surface area contributed by atoms with Gasteiger partial charge in [-0.05, 0) is 49.9 Å². The van der Waals surface area contributed by atoms with E-state index in [2.05, 4.69) is 10.3 Å². The van der Waals surface area contributed by atoms with E-state index in [1.807, 2.05) is 10.9 Å². The molecule has 3 aliphatic rings. The fourth-order valence-corrected chi connectivity index (χ4v) is 4.77. The summed E-state index contributed by atoms with van der Waals surface area (Å²) in [7, 11) is 0. The van der Waals surface area contributed by atoms with Crippen molar-refractivity contribution < 1.29 is 23.4 Å². The minimum Gasteiger partial charge on any atom is -0.454 e. The van der Waals surface area contributed by atoms with Gasteiger partial charge in [-0.1, -0.05) is 0 Å². The summed E-state index contributed by atoms with van der Waals surface area (Å²) in [6.07, 6.45) is 7.80. The number of rotatable bonds is 7. The van der Waals surface area contributed by atoms with Crippen molar-refractivity contribution in [3.05, 3.63) is 59.8 Å². The van der Waals surface area contributed by atoms with Gasteiger partial charge in [0.15, 0.2) is 5.75 Å². The lowest BCUT2D eigenvalue weighted by molar-refractivity contribution is 0.0300. The molecule has 0 spiro atoms. The summed E-state index contributed by atoms with van der Waals surface area (Å²) >= 11 is 0. The molecule has 37 heavy (non-hydrogen) atoms. The van der Waals surface area contributed by atoms with Crippen molar-refractivity contribution in [2.45, 2.75) is 37.6 Å². The molecular formula is C27H30FN5O4. The first kappa shape index (κ1) is 23.9. The van der Waals surface area contributed by atoms with Crippen LogP contribution >= 0.6 is 0 Å². The van der Waals surface area contributed by atoms with Crippen LogP contribution in [-0.4, -0.2) is 65.1 Å². The first-order valence-corrected chi connectivity index (χ1v) is 12.9. The number of hydrogen-bond donors (Lipinski definition) is 1. The standard InChI is InChI=1S/C27H30FN5O4/c28-23-4-1-19(15-22(23)27(34)32-9-13-36-14-10-32)30-25-16-21(5-8-29-25)37-24-17-33(20-2-3-20)31-26(24)18-6-11-35-12-7-18/h1,4-5,8,15-18,20H,2-3,6-7,9-14H2,(H,29,30). The van der Waals surface area contributed by atoms with Crippen molar-refractivity contribution in [1.29, 1.82) is 0 Å². The Hall–Kier alpha value is -3.50. The van der Waals surface area contributed by atoms with Crippen molar-refractivity contribution >= 4 is 17.4 Å². The predicted molar refractivity (Wildman–Crippen MR) is 134 cm³/mol. The van der Waals surface area contributed by atoms with Crippen LogP contribution < -0.4 is 10.1 Å². The van der Waals surface area contributed by atoms with Gasteiger partial charge in [0.1, 0.15) is 23.1 Å². The minimum atomic E-state index is -0.555. The normalized spacial score (nSPS) is 18.6. The zero-order valence-corrected chi connectivity index (χ0v) is 20.6. The van der Waals surface area contributed by atoms with Gasteiger partial charge < -0.3 is 24.4 Å². The Morgan fingerprint density at radius 2 is 1.81 bits per heavy atom. The first-order valence-electron chi connectivity index (χ1n) is 12.9. The molecule has 2 saturated heterocycles. The predicted octanol–water partition coefficient (Wildman–Crippen LogP) is 4.65. The highest BCUT2D eigenvalue weighted by atomic mass is 19.1. The molecule has 4 heterocycles. The number of pyridine rings is 1. The van der Waals surface area contributed by atoms with Gasteiger partial charge in [0.2, 0.25) is 0 Å². The number of carbonyl (C=O) groups is 1. The number of anilines is 2. The molecule has 1 N–H and O–H groups in total. The summed E-state index contributed by atoms with van der Waals surface area (Å²) in [5.41, 5.74) is 1.56. The van der Waals surface area contributed by atoms with E-state index in [0.29, 0.717) is 55.5 Å². The lowest BCUT2D eigenvalue weighted by atomic mass is 9.96. The molecular weight excluding hydrogens is 477 g/mol. The van der Waals surface area contributed by atoms with Crippen LogP contribution in [0.3, 0.4) is 0 Å². The largest absolute Gasteiger partial charge is 0.454 e. The van der Waals surface area contributed by atoms with E-state index in [0.717, 1.165) is 50.3 Å². The van der Waals surface area contributed by atoms with E-state index in [1.165, 1.54) is 12.1 Å². The number of nitrogens with one attached hydrogen (secondary N) is 1. The second kappa shape index (κ2) is 10.5. The number of carbonyl (C=O) groups excluding carboxylic acids is 1. The van der Waals surface area contributed by atoms with E-state index in [1.54, 1.807) is 29.3 Å². The van der Waals surface area contributed by atoms with E-state index in [-0.39, 0.29) is 11.5 Å². The van der Waals surface area contributed by atoms with Crippen LogP contribution in [0.5, 0.6) is 11.5 Å². The Morgan fingerprint density at radius 1 is 1.03 bits per heavy atom. The molecule has 0 unspecified atom stereocenters. The Labute approximate surface area is 214 Å². The van der Waals surface area contributed by atoms with Gasteiger partial charge in [-0.15, -0.1) is 0 Å². The number of nitrogens with zero attached hydrogens (tertiary/aromatic N) is 4. The van der Waals surface area contributed by atoms with Gasteiger partial charge >= 0.3 is 0 Å². The molecule has 0 radical (unpaired) electrons. The maximum atomic E-state index is 14.5. The van der Waals surface area contributed by atoms with Crippen LogP contribution in [0.1, 0.15) is 53.7 Å². The zero-order chi connectivity index (χ0) is 25.2. The maximum Gasteiger partial charge on any atom is 0.257 e. The number of benzene rings is 1. The van der Waals surface area contributed by atoms with Crippen LogP contribution in [0.15, 0.2) is 42.7 Å². The SMILES string of the molecule is O=C(c1cc(Nc2cc(Oc3cn(C4CC4)nc3C3CCOCC3)ccn2)ccc1F)N1CCOCC1. The van der Waals surface area contributed by atoms with Gasteiger partial charge in [0.25, 0.3) is 5.91 Å². The Morgan fingerprint density at radius 3 is 2.59 bits per heavy atom.